The largest absolute Gasteiger partial charge is 0.489 e. The molecule has 3 aromatic carbocycles. The number of piperazine rings is 1. The van der Waals surface area contributed by atoms with Gasteiger partial charge in [0.2, 0.25) is 10.0 Å². The van der Waals surface area contributed by atoms with Crippen LogP contribution in [-0.4, -0.2) is 54.6 Å². The van der Waals surface area contributed by atoms with Crippen molar-refractivity contribution >= 4 is 21.6 Å². The number of hydrogen-bond donors (Lipinski definition) is 0. The molecule has 0 aliphatic carbocycles. The molecule has 1 saturated heterocycles. The lowest BCUT2D eigenvalue weighted by Crippen LogP contribution is -2.50. The number of nitro benzene ring substituents is 1. The van der Waals surface area contributed by atoms with Gasteiger partial charge < -0.3 is 9.64 Å². The molecule has 1 aliphatic heterocycles. The molecule has 0 saturated carbocycles. The molecule has 0 unspecified atom stereocenters. The zero-order chi connectivity index (χ0) is 25.0. The maximum atomic E-state index is 13.0. The third kappa shape index (κ3) is 5.67. The van der Waals surface area contributed by atoms with Crippen molar-refractivity contribution in [3.63, 3.8) is 0 Å². The lowest BCUT2D eigenvalue weighted by molar-refractivity contribution is -0.385. The van der Waals surface area contributed by atoms with E-state index in [1.807, 2.05) is 31.2 Å². The second-order valence-corrected chi connectivity index (χ2v) is 10.2. The predicted molar refractivity (Wildman–Crippen MR) is 130 cm³/mol. The number of nitro groups is 1. The highest BCUT2D eigenvalue weighted by atomic mass is 32.2. The quantitative estimate of drug-likeness (QED) is 0.366. The van der Waals surface area contributed by atoms with Crippen molar-refractivity contribution in [2.24, 2.45) is 0 Å². The van der Waals surface area contributed by atoms with E-state index < -0.39 is 14.9 Å². The van der Waals surface area contributed by atoms with Crippen LogP contribution in [0, 0.1) is 17.0 Å². The van der Waals surface area contributed by atoms with E-state index in [4.69, 9.17) is 4.74 Å². The molecule has 35 heavy (non-hydrogen) atoms. The van der Waals surface area contributed by atoms with Gasteiger partial charge in [0.1, 0.15) is 12.4 Å². The fourth-order valence-electron chi connectivity index (χ4n) is 3.91. The first-order chi connectivity index (χ1) is 16.7. The van der Waals surface area contributed by atoms with Gasteiger partial charge in [-0.3, -0.25) is 14.9 Å². The lowest BCUT2D eigenvalue weighted by atomic mass is 10.1. The minimum Gasteiger partial charge on any atom is -0.489 e. The maximum absolute atomic E-state index is 13.0. The first kappa shape index (κ1) is 24.4. The Hall–Kier alpha value is -3.76. The van der Waals surface area contributed by atoms with Crippen molar-refractivity contribution in [1.82, 2.24) is 9.21 Å². The molecule has 182 valence electrons. The fourth-order valence-corrected chi connectivity index (χ4v) is 5.37. The van der Waals surface area contributed by atoms with Crippen molar-refractivity contribution in [2.75, 3.05) is 26.2 Å². The zero-order valence-electron chi connectivity index (χ0n) is 19.2. The van der Waals surface area contributed by atoms with Gasteiger partial charge in [-0.15, -0.1) is 0 Å². The molecule has 0 N–H and O–H groups in total. The Labute approximate surface area is 203 Å². The van der Waals surface area contributed by atoms with Gasteiger partial charge in [0, 0.05) is 43.9 Å². The number of non-ortho nitro benzene ring substituents is 1. The van der Waals surface area contributed by atoms with Crippen LogP contribution in [0.25, 0.3) is 0 Å². The van der Waals surface area contributed by atoms with Crippen LogP contribution in [0.4, 0.5) is 5.69 Å². The van der Waals surface area contributed by atoms with Crippen LogP contribution in [0.15, 0.2) is 77.7 Å². The normalized spacial score (nSPS) is 14.5. The standard InChI is InChI=1S/C25H25N3O6S/c1-19-5-2-6-20(15-19)18-34-23-9-3-7-21(16-23)25(29)26-11-13-27(14-12-26)35(32,33)24-10-4-8-22(17-24)28(30)31/h2-10,15-17H,11-14,18H2,1H3. The van der Waals surface area contributed by atoms with E-state index in [-0.39, 0.29) is 42.7 Å². The molecule has 1 aliphatic rings. The van der Waals surface area contributed by atoms with Gasteiger partial charge in [-0.25, -0.2) is 8.42 Å². The summed E-state index contributed by atoms with van der Waals surface area (Å²) in [5, 5.41) is 11.0. The Morgan fingerprint density at radius 2 is 1.69 bits per heavy atom. The van der Waals surface area contributed by atoms with Crippen molar-refractivity contribution in [3.05, 3.63) is 99.6 Å². The highest BCUT2D eigenvalue weighted by Gasteiger charge is 2.31. The molecule has 0 aromatic heterocycles. The Balaban J connectivity index is 1.39. The summed E-state index contributed by atoms with van der Waals surface area (Å²) in [6.07, 6.45) is 0. The first-order valence-corrected chi connectivity index (χ1v) is 12.5. The molecule has 0 spiro atoms. The SMILES string of the molecule is Cc1cccc(COc2cccc(C(=O)N3CCN(S(=O)(=O)c4cccc([N+](=O)[O-])c4)CC3)c2)c1. The number of rotatable bonds is 7. The Morgan fingerprint density at radius 3 is 2.40 bits per heavy atom. The average Bonchev–Trinajstić information content (AvgIpc) is 2.87. The highest BCUT2D eigenvalue weighted by Crippen LogP contribution is 2.23. The van der Waals surface area contributed by atoms with Crippen LogP contribution in [0.2, 0.25) is 0 Å². The van der Waals surface area contributed by atoms with Crippen LogP contribution in [0.5, 0.6) is 5.75 Å². The van der Waals surface area contributed by atoms with Gasteiger partial charge in [0.05, 0.1) is 9.82 Å². The summed E-state index contributed by atoms with van der Waals surface area (Å²) in [5.41, 5.74) is 2.34. The van der Waals surface area contributed by atoms with E-state index in [1.165, 1.54) is 22.5 Å². The van der Waals surface area contributed by atoms with E-state index in [0.29, 0.717) is 17.9 Å². The lowest BCUT2D eigenvalue weighted by Gasteiger charge is -2.34. The molecule has 9 nitrogen and oxygen atoms in total. The molecule has 0 atom stereocenters. The number of ether oxygens (including phenoxy) is 1. The van der Waals surface area contributed by atoms with Gasteiger partial charge >= 0.3 is 0 Å². The highest BCUT2D eigenvalue weighted by molar-refractivity contribution is 7.89. The van der Waals surface area contributed by atoms with Gasteiger partial charge in [-0.1, -0.05) is 42.0 Å². The summed E-state index contributed by atoms with van der Waals surface area (Å²) in [4.78, 5) is 24.9. The van der Waals surface area contributed by atoms with Crippen LogP contribution >= 0.6 is 0 Å². The Kier molecular flexibility index (Phi) is 7.13. The van der Waals surface area contributed by atoms with E-state index in [2.05, 4.69) is 0 Å². The van der Waals surface area contributed by atoms with Gasteiger partial charge in [0.15, 0.2) is 0 Å². The second-order valence-electron chi connectivity index (χ2n) is 8.26. The second kappa shape index (κ2) is 10.2. The molecule has 1 fully saturated rings. The van der Waals surface area contributed by atoms with Crippen LogP contribution in [0.1, 0.15) is 21.5 Å². The molecule has 0 bridgehead atoms. The van der Waals surface area contributed by atoms with Gasteiger partial charge in [0.25, 0.3) is 11.6 Å². The van der Waals surface area contributed by atoms with Crippen LogP contribution in [0.3, 0.4) is 0 Å². The molecule has 1 amide bonds. The number of carbonyl (C=O) groups is 1. The van der Waals surface area contributed by atoms with E-state index in [0.717, 1.165) is 17.2 Å². The number of benzene rings is 3. The topological polar surface area (TPSA) is 110 Å². The summed E-state index contributed by atoms with van der Waals surface area (Å²) in [6.45, 7) is 3.01. The van der Waals surface area contributed by atoms with E-state index in [9.17, 15) is 23.3 Å². The first-order valence-electron chi connectivity index (χ1n) is 11.1. The minimum absolute atomic E-state index is 0.0975. The number of hydrogen-bond acceptors (Lipinski definition) is 6. The number of carbonyl (C=O) groups excluding carboxylic acids is 1. The summed E-state index contributed by atoms with van der Waals surface area (Å²) in [5.74, 6) is 0.364. The van der Waals surface area contributed by atoms with Gasteiger partial charge in [-0.05, 0) is 36.8 Å². The molecular weight excluding hydrogens is 470 g/mol. The maximum Gasteiger partial charge on any atom is 0.270 e. The molecule has 3 aromatic rings. The number of nitrogens with zero attached hydrogens (tertiary/aromatic N) is 3. The third-order valence-corrected chi connectivity index (χ3v) is 7.66. The van der Waals surface area contributed by atoms with Crippen molar-refractivity contribution in [1.29, 1.82) is 0 Å². The number of amides is 1. The zero-order valence-corrected chi connectivity index (χ0v) is 20.0. The smallest absolute Gasteiger partial charge is 0.270 e. The average molecular weight is 496 g/mol. The Bertz CT molecular complexity index is 1350. The van der Waals surface area contributed by atoms with Gasteiger partial charge in [-0.2, -0.15) is 4.31 Å². The molecule has 1 heterocycles. The summed E-state index contributed by atoms with van der Waals surface area (Å²) >= 11 is 0. The van der Waals surface area contributed by atoms with Crippen LogP contribution in [-0.2, 0) is 16.6 Å². The van der Waals surface area contributed by atoms with Crippen molar-refractivity contribution in [3.8, 4) is 5.75 Å². The summed E-state index contributed by atoms with van der Waals surface area (Å²) in [7, 11) is -3.90. The number of aryl methyl sites for hydroxylation is 1. The predicted octanol–water partition coefficient (Wildman–Crippen LogP) is 3.63. The molecular formula is C25H25N3O6S. The van der Waals surface area contributed by atoms with E-state index in [1.54, 1.807) is 29.2 Å². The molecule has 0 radical (unpaired) electrons. The van der Waals surface area contributed by atoms with Crippen molar-refractivity contribution in [2.45, 2.75) is 18.4 Å². The van der Waals surface area contributed by atoms with Crippen molar-refractivity contribution < 1.29 is 22.9 Å². The number of sulfonamides is 1. The molecule has 4 rings (SSSR count). The summed E-state index contributed by atoms with van der Waals surface area (Å²) < 4.78 is 33.0. The minimum atomic E-state index is -3.90. The Morgan fingerprint density at radius 1 is 0.971 bits per heavy atom. The van der Waals surface area contributed by atoms with E-state index >= 15 is 0 Å². The monoisotopic (exact) mass is 495 g/mol. The summed E-state index contributed by atoms with van der Waals surface area (Å²) in [6, 6.07) is 19.9. The fraction of sp³-hybridized carbons (Fsp3) is 0.240. The van der Waals surface area contributed by atoms with Crippen LogP contribution < -0.4 is 4.74 Å². The third-order valence-electron chi connectivity index (χ3n) is 5.76. The molecule has 10 heteroatoms.